The summed E-state index contributed by atoms with van der Waals surface area (Å²) < 4.78 is 54.9. The number of rotatable bonds is 6. The monoisotopic (exact) mass is 464 g/mol. The fraction of sp³-hybridized carbons (Fsp3) is 0.647. The Labute approximate surface area is 174 Å². The third-order valence-corrected chi connectivity index (χ3v) is 10.2. The lowest BCUT2D eigenvalue weighted by Gasteiger charge is -2.30. The highest BCUT2D eigenvalue weighted by Crippen LogP contribution is 2.27. The van der Waals surface area contributed by atoms with Crippen LogP contribution in [0, 0.1) is 5.92 Å². The zero-order valence-corrected chi connectivity index (χ0v) is 18.4. The third-order valence-electron chi connectivity index (χ3n) is 5.12. The number of hydrogen-bond donors (Lipinski definition) is 1. The molecule has 0 bridgehead atoms. The van der Waals surface area contributed by atoms with Gasteiger partial charge in [-0.15, -0.1) is 11.3 Å². The lowest BCUT2D eigenvalue weighted by atomic mass is 9.98. The van der Waals surface area contributed by atoms with Gasteiger partial charge in [-0.05, 0) is 37.6 Å². The summed E-state index contributed by atoms with van der Waals surface area (Å²) >= 11 is 1.15. The van der Waals surface area contributed by atoms with Gasteiger partial charge >= 0.3 is 5.97 Å². The van der Waals surface area contributed by atoms with Gasteiger partial charge in [-0.25, -0.2) is 16.8 Å². The molecule has 12 heteroatoms. The summed E-state index contributed by atoms with van der Waals surface area (Å²) in [5.74, 6) is -1.61. The predicted octanol–water partition coefficient (Wildman–Crippen LogP) is 0.384. The van der Waals surface area contributed by atoms with E-state index in [1.54, 1.807) is 17.5 Å². The minimum atomic E-state index is -3.54. The predicted molar refractivity (Wildman–Crippen MR) is 107 cm³/mol. The molecule has 0 unspecified atom stereocenters. The molecule has 2 aliphatic heterocycles. The SMILES string of the molecule is C[C@@H](OC(=O)C1CCN(S(=O)(=O)c2cccs2)CC1)C(=O)N[C@@H]1CCS(=O)(=O)C1. The van der Waals surface area contributed by atoms with Gasteiger partial charge in [0.2, 0.25) is 0 Å². The van der Waals surface area contributed by atoms with Crippen molar-refractivity contribution in [3.8, 4) is 0 Å². The number of nitrogens with zero attached hydrogens (tertiary/aromatic N) is 1. The number of sulfone groups is 1. The normalized spacial score (nSPS) is 24.1. The van der Waals surface area contributed by atoms with Gasteiger partial charge < -0.3 is 10.1 Å². The molecule has 1 amide bonds. The molecular weight excluding hydrogens is 440 g/mol. The first kappa shape index (κ1) is 22.2. The number of carbonyl (C=O) groups is 2. The maximum Gasteiger partial charge on any atom is 0.309 e. The summed E-state index contributed by atoms with van der Waals surface area (Å²) in [6.45, 7) is 1.86. The van der Waals surface area contributed by atoms with Gasteiger partial charge in [0.25, 0.3) is 15.9 Å². The molecule has 0 aromatic carbocycles. The number of piperidine rings is 1. The van der Waals surface area contributed by atoms with Gasteiger partial charge in [0.05, 0.1) is 17.4 Å². The first-order valence-electron chi connectivity index (χ1n) is 9.33. The van der Waals surface area contributed by atoms with Gasteiger partial charge in [0.15, 0.2) is 15.9 Å². The van der Waals surface area contributed by atoms with Crippen molar-refractivity contribution < 1.29 is 31.2 Å². The molecule has 162 valence electrons. The van der Waals surface area contributed by atoms with E-state index in [9.17, 15) is 26.4 Å². The molecule has 0 spiro atoms. The maximum atomic E-state index is 12.5. The van der Waals surface area contributed by atoms with Gasteiger partial charge in [-0.2, -0.15) is 4.31 Å². The largest absolute Gasteiger partial charge is 0.452 e. The van der Waals surface area contributed by atoms with Gasteiger partial charge in [-0.1, -0.05) is 6.07 Å². The Morgan fingerprint density at radius 3 is 2.52 bits per heavy atom. The number of nitrogens with one attached hydrogen (secondary N) is 1. The van der Waals surface area contributed by atoms with E-state index in [1.807, 2.05) is 0 Å². The van der Waals surface area contributed by atoms with Crippen molar-refractivity contribution in [3.05, 3.63) is 17.5 Å². The first-order valence-corrected chi connectivity index (χ1v) is 13.5. The molecule has 0 aliphatic carbocycles. The second-order valence-corrected chi connectivity index (χ2v) is 12.6. The summed E-state index contributed by atoms with van der Waals surface area (Å²) in [7, 11) is -6.66. The topological polar surface area (TPSA) is 127 Å². The minimum Gasteiger partial charge on any atom is -0.452 e. The van der Waals surface area contributed by atoms with Crippen LogP contribution in [-0.4, -0.2) is 69.8 Å². The standard InChI is InChI=1S/C17H24N2O7S3/c1-12(16(20)18-14-6-10-28(22,23)11-14)26-17(21)13-4-7-19(8-5-13)29(24,25)15-3-2-9-27-15/h2-3,9,12-14H,4-8,10-11H2,1H3,(H,18,20)/t12-,14-/m1/s1. The first-order chi connectivity index (χ1) is 13.6. The number of thiophene rings is 1. The van der Waals surface area contributed by atoms with E-state index in [0.29, 0.717) is 19.3 Å². The summed E-state index contributed by atoms with van der Waals surface area (Å²) in [6, 6.07) is 2.77. The van der Waals surface area contributed by atoms with Crippen LogP contribution in [-0.2, 0) is 34.2 Å². The molecule has 2 fully saturated rings. The smallest absolute Gasteiger partial charge is 0.309 e. The number of carbonyl (C=O) groups excluding carboxylic acids is 2. The molecule has 3 heterocycles. The van der Waals surface area contributed by atoms with Crippen LogP contribution < -0.4 is 5.32 Å². The Hall–Kier alpha value is -1.50. The highest BCUT2D eigenvalue weighted by molar-refractivity contribution is 7.91. The van der Waals surface area contributed by atoms with Crippen LogP contribution >= 0.6 is 11.3 Å². The summed E-state index contributed by atoms with van der Waals surface area (Å²) in [5, 5.41) is 4.30. The molecule has 1 aromatic rings. The van der Waals surface area contributed by atoms with Crippen LogP contribution in [0.15, 0.2) is 21.7 Å². The highest BCUT2D eigenvalue weighted by Gasteiger charge is 2.35. The Kier molecular flexibility index (Phi) is 6.66. The summed E-state index contributed by atoms with van der Waals surface area (Å²) in [6.07, 6.45) is -0.0536. The fourth-order valence-corrected chi connectivity index (χ4v) is 7.71. The van der Waals surface area contributed by atoms with E-state index in [0.717, 1.165) is 11.3 Å². The average molecular weight is 465 g/mol. The van der Waals surface area contributed by atoms with Crippen LogP contribution in [0.1, 0.15) is 26.2 Å². The molecule has 2 saturated heterocycles. The Morgan fingerprint density at radius 2 is 1.97 bits per heavy atom. The Morgan fingerprint density at radius 1 is 1.28 bits per heavy atom. The van der Waals surface area contributed by atoms with Crippen LogP contribution in [0.3, 0.4) is 0 Å². The number of ether oxygens (including phenoxy) is 1. The molecular formula is C17H24N2O7S3. The zero-order chi connectivity index (χ0) is 21.2. The summed E-state index contributed by atoms with van der Waals surface area (Å²) in [4.78, 5) is 24.5. The van der Waals surface area contributed by atoms with Crippen molar-refractivity contribution in [2.24, 2.45) is 5.92 Å². The van der Waals surface area contributed by atoms with Crippen molar-refractivity contribution in [1.82, 2.24) is 9.62 Å². The molecule has 3 rings (SSSR count). The van der Waals surface area contributed by atoms with E-state index in [-0.39, 0.29) is 28.8 Å². The fourth-order valence-electron chi connectivity index (χ4n) is 3.42. The van der Waals surface area contributed by atoms with Crippen LogP contribution in [0.25, 0.3) is 0 Å². The summed E-state index contributed by atoms with van der Waals surface area (Å²) in [5.41, 5.74) is 0. The molecule has 9 nitrogen and oxygen atoms in total. The molecule has 1 aromatic heterocycles. The highest BCUT2D eigenvalue weighted by atomic mass is 32.2. The van der Waals surface area contributed by atoms with E-state index in [4.69, 9.17) is 4.74 Å². The van der Waals surface area contributed by atoms with E-state index < -0.39 is 49.8 Å². The van der Waals surface area contributed by atoms with Crippen LogP contribution in [0.4, 0.5) is 0 Å². The van der Waals surface area contributed by atoms with Crippen molar-refractivity contribution >= 4 is 43.1 Å². The van der Waals surface area contributed by atoms with E-state index in [1.165, 1.54) is 11.2 Å². The van der Waals surface area contributed by atoms with Crippen molar-refractivity contribution in [2.75, 3.05) is 24.6 Å². The lowest BCUT2D eigenvalue weighted by Crippen LogP contribution is -2.44. The zero-order valence-electron chi connectivity index (χ0n) is 15.9. The molecule has 2 aliphatic rings. The van der Waals surface area contributed by atoms with Gasteiger partial charge in [0.1, 0.15) is 4.21 Å². The van der Waals surface area contributed by atoms with E-state index >= 15 is 0 Å². The van der Waals surface area contributed by atoms with Gasteiger partial charge in [0, 0.05) is 19.1 Å². The number of hydrogen-bond acceptors (Lipinski definition) is 8. The Bertz CT molecular complexity index is 949. The van der Waals surface area contributed by atoms with Crippen molar-refractivity contribution in [1.29, 1.82) is 0 Å². The second-order valence-electron chi connectivity index (χ2n) is 7.30. The number of amides is 1. The molecule has 29 heavy (non-hydrogen) atoms. The maximum absolute atomic E-state index is 12.5. The third kappa shape index (κ3) is 5.36. The average Bonchev–Trinajstić information content (AvgIpc) is 3.32. The van der Waals surface area contributed by atoms with Gasteiger partial charge in [-0.3, -0.25) is 9.59 Å². The van der Waals surface area contributed by atoms with Crippen molar-refractivity contribution in [3.63, 3.8) is 0 Å². The lowest BCUT2D eigenvalue weighted by molar-refractivity contribution is -0.160. The quantitative estimate of drug-likeness (QED) is 0.603. The minimum absolute atomic E-state index is 0.0407. The molecule has 0 saturated carbocycles. The van der Waals surface area contributed by atoms with E-state index in [2.05, 4.69) is 5.32 Å². The molecule has 0 radical (unpaired) electrons. The second kappa shape index (κ2) is 8.70. The van der Waals surface area contributed by atoms with Crippen LogP contribution in [0.5, 0.6) is 0 Å². The van der Waals surface area contributed by atoms with Crippen LogP contribution in [0.2, 0.25) is 0 Å². The number of esters is 1. The molecule has 1 N–H and O–H groups in total. The Balaban J connectivity index is 1.47. The van der Waals surface area contributed by atoms with Crippen molar-refractivity contribution in [2.45, 2.75) is 42.5 Å². The number of sulfonamides is 1. The molecule has 2 atom stereocenters.